The van der Waals surface area contributed by atoms with Crippen LogP contribution >= 0.6 is 0 Å². The highest BCUT2D eigenvalue weighted by Gasteiger charge is 2.11. The smallest absolute Gasteiger partial charge is 0.262 e. The van der Waals surface area contributed by atoms with E-state index in [0.717, 1.165) is 33.7 Å². The van der Waals surface area contributed by atoms with Gasteiger partial charge in [-0.3, -0.25) is 4.79 Å². The third-order valence-corrected chi connectivity index (χ3v) is 4.03. The molecule has 0 aliphatic heterocycles. The number of benzene rings is 2. The van der Waals surface area contributed by atoms with Crippen LogP contribution in [0.25, 0.3) is 0 Å². The number of carbonyl (C=O) groups excluding carboxylic acids is 1. The largest absolute Gasteiger partial charge is 0.483 e. The lowest BCUT2D eigenvalue weighted by atomic mass is 10.0. The molecule has 0 saturated carbocycles. The number of ether oxygens (including phenoxy) is 1. The Hall–Kier alpha value is -2.29. The first-order valence-electron chi connectivity index (χ1n) is 7.98. The average Bonchev–Trinajstić information content (AvgIpc) is 2.49. The van der Waals surface area contributed by atoms with Gasteiger partial charge in [-0.05, 0) is 61.1 Å². The predicted molar refractivity (Wildman–Crippen MR) is 95.3 cm³/mol. The highest BCUT2D eigenvalue weighted by atomic mass is 16.5. The van der Waals surface area contributed by atoms with Crippen LogP contribution in [0.15, 0.2) is 36.4 Å². The summed E-state index contributed by atoms with van der Waals surface area (Å²) in [5.41, 5.74) is 5.32. The van der Waals surface area contributed by atoms with Gasteiger partial charge < -0.3 is 10.1 Å². The highest BCUT2D eigenvalue weighted by molar-refractivity contribution is 5.92. The summed E-state index contributed by atoms with van der Waals surface area (Å²) in [5, 5.41) is 2.92. The zero-order valence-electron chi connectivity index (χ0n) is 14.6. The van der Waals surface area contributed by atoms with Crippen LogP contribution in [0.1, 0.15) is 42.0 Å². The van der Waals surface area contributed by atoms with Crippen molar-refractivity contribution in [2.75, 3.05) is 11.9 Å². The molecule has 3 nitrogen and oxygen atoms in total. The van der Waals surface area contributed by atoms with Crippen molar-refractivity contribution < 1.29 is 9.53 Å². The van der Waals surface area contributed by atoms with E-state index in [0.29, 0.717) is 5.92 Å². The Morgan fingerprint density at radius 2 is 1.87 bits per heavy atom. The molecule has 0 heterocycles. The van der Waals surface area contributed by atoms with Crippen LogP contribution < -0.4 is 10.1 Å². The predicted octanol–water partition coefficient (Wildman–Crippen LogP) is 4.75. The van der Waals surface area contributed by atoms with Crippen LogP contribution in [-0.4, -0.2) is 12.5 Å². The van der Waals surface area contributed by atoms with Crippen molar-refractivity contribution in [1.29, 1.82) is 0 Å². The number of hydrogen-bond donors (Lipinski definition) is 1. The third-order valence-electron chi connectivity index (χ3n) is 4.03. The highest BCUT2D eigenvalue weighted by Crippen LogP contribution is 2.27. The van der Waals surface area contributed by atoms with E-state index in [1.54, 1.807) is 0 Å². The molecule has 2 rings (SSSR count). The number of nitrogens with one attached hydrogen (secondary N) is 1. The van der Waals surface area contributed by atoms with E-state index in [1.165, 1.54) is 0 Å². The summed E-state index contributed by atoms with van der Waals surface area (Å²) in [6.07, 6.45) is 0. The minimum atomic E-state index is -0.144. The van der Waals surface area contributed by atoms with E-state index in [2.05, 4.69) is 31.3 Å². The van der Waals surface area contributed by atoms with Gasteiger partial charge in [-0.1, -0.05) is 38.1 Å². The molecule has 0 fully saturated rings. The van der Waals surface area contributed by atoms with E-state index < -0.39 is 0 Å². The standard InChI is InChI=1S/C20H25NO2/c1-13(2)17-10-9-14(3)11-19(17)23-12-20(22)21-18-8-6-7-15(4)16(18)5/h6-11,13H,12H2,1-5H3,(H,21,22). The van der Waals surface area contributed by atoms with Gasteiger partial charge in [-0.25, -0.2) is 0 Å². The van der Waals surface area contributed by atoms with Gasteiger partial charge >= 0.3 is 0 Å². The van der Waals surface area contributed by atoms with Gasteiger partial charge in [-0.15, -0.1) is 0 Å². The fraction of sp³-hybridized carbons (Fsp3) is 0.350. The summed E-state index contributed by atoms with van der Waals surface area (Å²) >= 11 is 0. The van der Waals surface area contributed by atoms with Crippen LogP contribution in [0.4, 0.5) is 5.69 Å². The number of aryl methyl sites for hydroxylation is 2. The minimum Gasteiger partial charge on any atom is -0.483 e. The van der Waals surface area contributed by atoms with Crippen molar-refractivity contribution in [3.05, 3.63) is 58.7 Å². The van der Waals surface area contributed by atoms with Crippen molar-refractivity contribution in [1.82, 2.24) is 0 Å². The number of carbonyl (C=O) groups is 1. The summed E-state index contributed by atoms with van der Waals surface area (Å²) in [4.78, 5) is 12.2. The van der Waals surface area contributed by atoms with Crippen LogP contribution in [0, 0.1) is 20.8 Å². The topological polar surface area (TPSA) is 38.3 Å². The van der Waals surface area contributed by atoms with Crippen LogP contribution in [-0.2, 0) is 4.79 Å². The summed E-state index contributed by atoms with van der Waals surface area (Å²) in [6.45, 7) is 10.3. The molecule has 0 radical (unpaired) electrons. The van der Waals surface area contributed by atoms with Crippen molar-refractivity contribution in [2.24, 2.45) is 0 Å². The third kappa shape index (κ3) is 4.35. The van der Waals surface area contributed by atoms with Gasteiger partial charge in [0.25, 0.3) is 5.91 Å². The van der Waals surface area contributed by atoms with Gasteiger partial charge in [0, 0.05) is 5.69 Å². The zero-order chi connectivity index (χ0) is 17.0. The van der Waals surface area contributed by atoms with Gasteiger partial charge in [0.2, 0.25) is 0 Å². The fourth-order valence-corrected chi connectivity index (χ4v) is 2.46. The molecule has 1 N–H and O–H groups in total. The van der Waals surface area contributed by atoms with Crippen LogP contribution in [0.2, 0.25) is 0 Å². The molecule has 0 unspecified atom stereocenters. The summed E-state index contributed by atoms with van der Waals surface area (Å²) in [5.74, 6) is 0.999. The second kappa shape index (κ2) is 7.32. The van der Waals surface area contributed by atoms with Crippen LogP contribution in [0.5, 0.6) is 5.75 Å². The number of amides is 1. The Kier molecular flexibility index (Phi) is 5.43. The Morgan fingerprint density at radius 3 is 2.57 bits per heavy atom. The Bertz CT molecular complexity index is 705. The van der Waals surface area contributed by atoms with Crippen molar-refractivity contribution >= 4 is 11.6 Å². The van der Waals surface area contributed by atoms with Gasteiger partial charge in [0.15, 0.2) is 6.61 Å². The lowest BCUT2D eigenvalue weighted by Crippen LogP contribution is -2.21. The molecule has 122 valence electrons. The van der Waals surface area contributed by atoms with Gasteiger partial charge in [-0.2, -0.15) is 0 Å². The number of rotatable bonds is 5. The molecule has 0 bridgehead atoms. The van der Waals surface area contributed by atoms with Crippen LogP contribution in [0.3, 0.4) is 0 Å². The lowest BCUT2D eigenvalue weighted by Gasteiger charge is -2.15. The molecule has 0 atom stereocenters. The Morgan fingerprint density at radius 1 is 1.13 bits per heavy atom. The number of hydrogen-bond acceptors (Lipinski definition) is 2. The van der Waals surface area contributed by atoms with E-state index in [9.17, 15) is 4.79 Å². The Balaban J connectivity index is 2.05. The summed E-state index contributed by atoms with van der Waals surface area (Å²) < 4.78 is 5.77. The van der Waals surface area contributed by atoms with Crippen molar-refractivity contribution in [2.45, 2.75) is 40.5 Å². The van der Waals surface area contributed by atoms with Gasteiger partial charge in [0.05, 0.1) is 0 Å². The molecule has 2 aromatic rings. The summed E-state index contributed by atoms with van der Waals surface area (Å²) in [6, 6.07) is 12.0. The zero-order valence-corrected chi connectivity index (χ0v) is 14.6. The lowest BCUT2D eigenvalue weighted by molar-refractivity contribution is -0.118. The molecule has 0 saturated heterocycles. The minimum absolute atomic E-state index is 0.0105. The van der Waals surface area contributed by atoms with Gasteiger partial charge in [0.1, 0.15) is 5.75 Å². The van der Waals surface area contributed by atoms with Crippen molar-refractivity contribution in [3.8, 4) is 5.75 Å². The maximum atomic E-state index is 12.2. The molecule has 2 aromatic carbocycles. The molecule has 23 heavy (non-hydrogen) atoms. The molecular formula is C20H25NO2. The van der Waals surface area contributed by atoms with E-state index in [-0.39, 0.29) is 12.5 Å². The molecular weight excluding hydrogens is 286 g/mol. The Labute approximate surface area is 138 Å². The molecule has 0 aromatic heterocycles. The second-order valence-electron chi connectivity index (χ2n) is 6.28. The first kappa shape index (κ1) is 17.1. The van der Waals surface area contributed by atoms with Crippen molar-refractivity contribution in [3.63, 3.8) is 0 Å². The molecule has 0 aliphatic rings. The quantitative estimate of drug-likeness (QED) is 0.865. The van der Waals surface area contributed by atoms with E-state index >= 15 is 0 Å². The monoisotopic (exact) mass is 311 g/mol. The normalized spacial score (nSPS) is 10.7. The average molecular weight is 311 g/mol. The first-order chi connectivity index (χ1) is 10.9. The number of anilines is 1. The SMILES string of the molecule is Cc1ccc(C(C)C)c(OCC(=O)Nc2cccc(C)c2C)c1. The summed E-state index contributed by atoms with van der Waals surface area (Å²) in [7, 11) is 0. The van der Waals surface area contributed by atoms with E-state index in [4.69, 9.17) is 4.74 Å². The van der Waals surface area contributed by atoms with E-state index in [1.807, 2.05) is 45.0 Å². The second-order valence-corrected chi connectivity index (χ2v) is 6.28. The fourth-order valence-electron chi connectivity index (χ4n) is 2.46. The maximum absolute atomic E-state index is 12.2. The molecule has 0 spiro atoms. The maximum Gasteiger partial charge on any atom is 0.262 e. The molecule has 3 heteroatoms. The molecule has 1 amide bonds. The first-order valence-corrected chi connectivity index (χ1v) is 7.98. The molecule has 0 aliphatic carbocycles.